The Morgan fingerprint density at radius 2 is 1.72 bits per heavy atom. The predicted octanol–water partition coefficient (Wildman–Crippen LogP) is 4.84. The van der Waals surface area contributed by atoms with Crippen LogP contribution in [0.4, 0.5) is 5.69 Å². The lowest BCUT2D eigenvalue weighted by Crippen LogP contribution is -2.51. The van der Waals surface area contributed by atoms with E-state index in [9.17, 15) is 9.59 Å². The van der Waals surface area contributed by atoms with E-state index >= 15 is 0 Å². The monoisotopic (exact) mass is 529 g/mol. The van der Waals surface area contributed by atoms with E-state index in [1.165, 1.54) is 19.1 Å². The first-order valence-electron chi connectivity index (χ1n) is 12.9. The Kier molecular flexibility index (Phi) is 8.18. The topological polar surface area (TPSA) is 98.6 Å². The summed E-state index contributed by atoms with van der Waals surface area (Å²) in [7, 11) is 3.06. The highest BCUT2D eigenvalue weighted by molar-refractivity contribution is 6.02. The van der Waals surface area contributed by atoms with Crippen LogP contribution in [0.2, 0.25) is 0 Å². The summed E-state index contributed by atoms with van der Waals surface area (Å²) in [5.41, 5.74) is 2.99. The summed E-state index contributed by atoms with van der Waals surface area (Å²) < 4.78 is 12.8. The van der Waals surface area contributed by atoms with Gasteiger partial charge < -0.3 is 14.8 Å². The van der Waals surface area contributed by atoms with Gasteiger partial charge in [-0.1, -0.05) is 54.1 Å². The van der Waals surface area contributed by atoms with Gasteiger partial charge in [0.25, 0.3) is 0 Å². The third-order valence-electron chi connectivity index (χ3n) is 6.87. The molecule has 9 heteroatoms. The molecule has 0 saturated heterocycles. The Morgan fingerprint density at radius 1 is 1.00 bits per heavy atom. The molecule has 204 valence electrons. The number of anilines is 1. The third-order valence-corrected chi connectivity index (χ3v) is 6.87. The fourth-order valence-corrected chi connectivity index (χ4v) is 4.40. The minimum absolute atomic E-state index is 0.123. The van der Waals surface area contributed by atoms with Gasteiger partial charge in [-0.25, -0.2) is 4.68 Å². The second kappa shape index (κ2) is 11.6. The normalized spacial score (nSPS) is 12.2. The van der Waals surface area contributed by atoms with Gasteiger partial charge in [-0.05, 0) is 57.5 Å². The van der Waals surface area contributed by atoms with Crippen LogP contribution in [-0.2, 0) is 16.1 Å². The van der Waals surface area contributed by atoms with Gasteiger partial charge in [0, 0.05) is 16.8 Å². The average Bonchev–Trinajstić information content (AvgIpc) is 3.34. The summed E-state index contributed by atoms with van der Waals surface area (Å²) in [6.45, 7) is 7.74. The number of para-hydroxylation sites is 2. The molecule has 2 amide bonds. The van der Waals surface area contributed by atoms with Gasteiger partial charge >= 0.3 is 0 Å². The number of hydrogen-bond acceptors (Lipinski definition) is 6. The minimum Gasteiger partial charge on any atom is -0.493 e. The van der Waals surface area contributed by atoms with E-state index < -0.39 is 11.6 Å². The molecule has 9 nitrogen and oxygen atoms in total. The summed E-state index contributed by atoms with van der Waals surface area (Å²) in [5, 5.41) is 11.5. The smallest absolute Gasteiger partial charge is 0.249 e. The van der Waals surface area contributed by atoms with Gasteiger partial charge in [-0.2, -0.15) is 0 Å². The number of carbonyl (C=O) groups excluding carboxylic acids is 2. The van der Waals surface area contributed by atoms with Gasteiger partial charge in [0.05, 0.1) is 19.7 Å². The van der Waals surface area contributed by atoms with Gasteiger partial charge in [0.2, 0.25) is 11.8 Å². The lowest BCUT2D eigenvalue weighted by Gasteiger charge is -2.35. The van der Waals surface area contributed by atoms with Crippen LogP contribution in [0.5, 0.6) is 11.5 Å². The van der Waals surface area contributed by atoms with E-state index in [-0.39, 0.29) is 18.4 Å². The van der Waals surface area contributed by atoms with E-state index in [1.54, 1.807) is 22.9 Å². The van der Waals surface area contributed by atoms with E-state index in [0.717, 1.165) is 11.1 Å². The van der Waals surface area contributed by atoms with Crippen molar-refractivity contribution < 1.29 is 19.1 Å². The number of rotatable bonds is 10. The van der Waals surface area contributed by atoms with Crippen molar-refractivity contribution in [2.75, 3.05) is 19.1 Å². The molecule has 0 aliphatic carbocycles. The summed E-state index contributed by atoms with van der Waals surface area (Å²) in [6, 6.07) is 19.2. The van der Waals surface area contributed by atoms with Gasteiger partial charge in [-0.3, -0.25) is 14.5 Å². The van der Waals surface area contributed by atoms with Crippen LogP contribution >= 0.6 is 0 Å². The maximum atomic E-state index is 14.2. The fraction of sp³-hybridized carbons (Fsp3) is 0.333. The standard InChI is InChI=1S/C30H35N5O4/c1-7-30(3,4)31-29(37)27(22-11-10-14-25(38-5)28(22)39-6)35(21-17-15-20(2)16-18-21)26(36)19-34-24-13-9-8-12-23(24)32-33-34/h8-18,27H,7,19H2,1-6H3,(H,31,37)/t27-/m0/s1. The van der Waals surface area contributed by atoms with E-state index in [1.807, 2.05) is 76.2 Å². The van der Waals surface area contributed by atoms with Gasteiger partial charge in [-0.15, -0.1) is 5.10 Å². The number of aryl methyl sites for hydroxylation is 1. The molecule has 0 aliphatic heterocycles. The Balaban J connectivity index is 1.89. The Labute approximate surface area is 228 Å². The van der Waals surface area contributed by atoms with Gasteiger partial charge in [0.1, 0.15) is 18.1 Å². The molecule has 4 rings (SSSR count). The van der Waals surface area contributed by atoms with Crippen LogP contribution in [-0.4, -0.2) is 46.6 Å². The number of hydrogen-bond donors (Lipinski definition) is 1. The predicted molar refractivity (Wildman–Crippen MR) is 151 cm³/mol. The molecule has 1 heterocycles. The molecule has 0 bridgehead atoms. The third kappa shape index (κ3) is 5.87. The van der Waals surface area contributed by atoms with E-state index in [2.05, 4.69) is 15.6 Å². The van der Waals surface area contributed by atoms with Crippen molar-refractivity contribution in [1.29, 1.82) is 0 Å². The Hall–Kier alpha value is -4.40. The number of benzene rings is 3. The average molecular weight is 530 g/mol. The highest BCUT2D eigenvalue weighted by atomic mass is 16.5. The van der Waals surface area contributed by atoms with Crippen LogP contribution in [0, 0.1) is 6.92 Å². The SMILES string of the molecule is CCC(C)(C)NC(=O)[C@H](c1cccc(OC)c1OC)N(C(=O)Cn1nnc2ccccc21)c1ccc(C)cc1. The maximum Gasteiger partial charge on any atom is 0.249 e. The van der Waals surface area contributed by atoms with Crippen molar-refractivity contribution in [3.8, 4) is 11.5 Å². The molecule has 0 radical (unpaired) electrons. The lowest BCUT2D eigenvalue weighted by atomic mass is 9.97. The molecular weight excluding hydrogens is 494 g/mol. The molecule has 1 aromatic heterocycles. The molecule has 1 N–H and O–H groups in total. The highest BCUT2D eigenvalue weighted by Crippen LogP contribution is 2.39. The van der Waals surface area contributed by atoms with E-state index in [4.69, 9.17) is 9.47 Å². The molecule has 3 aromatic carbocycles. The number of methoxy groups -OCH3 is 2. The molecule has 0 aliphatic rings. The Bertz CT molecular complexity index is 1460. The quantitative estimate of drug-likeness (QED) is 0.316. The van der Waals surface area contributed by atoms with Crippen LogP contribution < -0.4 is 19.7 Å². The number of fused-ring (bicyclic) bond motifs is 1. The van der Waals surface area contributed by atoms with Crippen LogP contribution in [0.3, 0.4) is 0 Å². The summed E-state index contributed by atoms with van der Waals surface area (Å²) in [5.74, 6) is 0.159. The molecule has 0 spiro atoms. The minimum atomic E-state index is -1.06. The molecule has 39 heavy (non-hydrogen) atoms. The molecule has 0 fully saturated rings. The van der Waals surface area contributed by atoms with Crippen LogP contribution in [0.15, 0.2) is 66.7 Å². The number of nitrogens with zero attached hydrogens (tertiary/aromatic N) is 4. The zero-order valence-corrected chi connectivity index (χ0v) is 23.3. The van der Waals surface area contributed by atoms with Crippen molar-refractivity contribution in [3.05, 3.63) is 77.9 Å². The van der Waals surface area contributed by atoms with Crippen molar-refractivity contribution in [1.82, 2.24) is 20.3 Å². The number of aromatic nitrogens is 3. The largest absolute Gasteiger partial charge is 0.493 e. The summed E-state index contributed by atoms with van der Waals surface area (Å²) in [4.78, 5) is 29.9. The lowest BCUT2D eigenvalue weighted by molar-refractivity contribution is -0.128. The first-order valence-corrected chi connectivity index (χ1v) is 12.9. The number of carbonyl (C=O) groups is 2. The first kappa shape index (κ1) is 27.6. The summed E-state index contributed by atoms with van der Waals surface area (Å²) >= 11 is 0. The molecule has 0 unspecified atom stereocenters. The van der Waals surface area contributed by atoms with Crippen LogP contribution in [0.25, 0.3) is 11.0 Å². The molecule has 4 aromatic rings. The summed E-state index contributed by atoms with van der Waals surface area (Å²) in [6.07, 6.45) is 0.699. The molecule has 0 saturated carbocycles. The zero-order valence-electron chi connectivity index (χ0n) is 23.3. The van der Waals surface area contributed by atoms with Crippen molar-refractivity contribution in [3.63, 3.8) is 0 Å². The van der Waals surface area contributed by atoms with Crippen molar-refractivity contribution in [2.24, 2.45) is 0 Å². The maximum absolute atomic E-state index is 14.2. The van der Waals surface area contributed by atoms with E-state index in [0.29, 0.717) is 34.7 Å². The number of nitrogens with one attached hydrogen (secondary N) is 1. The first-order chi connectivity index (χ1) is 18.7. The zero-order chi connectivity index (χ0) is 28.2. The second-order valence-corrected chi connectivity index (χ2v) is 10.0. The van der Waals surface area contributed by atoms with Gasteiger partial charge in [0.15, 0.2) is 11.5 Å². The second-order valence-electron chi connectivity index (χ2n) is 10.0. The molecule has 1 atom stereocenters. The van der Waals surface area contributed by atoms with Crippen LogP contribution in [0.1, 0.15) is 44.4 Å². The fourth-order valence-electron chi connectivity index (χ4n) is 4.40. The number of ether oxygens (including phenoxy) is 2. The number of amides is 2. The Morgan fingerprint density at radius 3 is 2.38 bits per heavy atom. The van der Waals surface area contributed by atoms with Crippen molar-refractivity contribution >= 4 is 28.5 Å². The highest BCUT2D eigenvalue weighted by Gasteiger charge is 2.37. The molecular formula is C30H35N5O4. The van der Waals surface area contributed by atoms with Crippen molar-refractivity contribution in [2.45, 2.75) is 52.2 Å².